The summed E-state index contributed by atoms with van der Waals surface area (Å²) >= 11 is 0. The van der Waals surface area contributed by atoms with Crippen molar-refractivity contribution in [1.29, 1.82) is 0 Å². The number of likely N-dealkylation sites (N-methyl/N-ethyl adjacent to an activating group) is 1. The average Bonchev–Trinajstić information content (AvgIpc) is 3.39. The summed E-state index contributed by atoms with van der Waals surface area (Å²) in [5.41, 5.74) is 3.92. The number of fused-ring (bicyclic) bond motifs is 1. The highest BCUT2D eigenvalue weighted by Gasteiger charge is 2.40. The smallest absolute Gasteiger partial charge is 0.221 e. The van der Waals surface area contributed by atoms with Crippen molar-refractivity contribution in [2.24, 2.45) is 0 Å². The summed E-state index contributed by atoms with van der Waals surface area (Å²) < 4.78 is 1.68. The van der Waals surface area contributed by atoms with Gasteiger partial charge in [0.1, 0.15) is 12.7 Å². The van der Waals surface area contributed by atoms with Gasteiger partial charge in [-0.2, -0.15) is 5.10 Å². The molecule has 1 heterocycles. The van der Waals surface area contributed by atoms with Crippen LogP contribution in [0.4, 0.5) is 0 Å². The number of nitrogens with one attached hydrogen (secondary N) is 1. The molecule has 0 saturated carbocycles. The monoisotopic (exact) mass is 389 g/mol. The highest BCUT2D eigenvalue weighted by molar-refractivity contribution is 5.75. The summed E-state index contributed by atoms with van der Waals surface area (Å²) in [6, 6.07) is 19.1. The standard InChI is InChI=1S/C23H27N5O/c1-27(15-19-7-3-2-4-8-19)23(13-20-9-5-6-10-21(20)14-23)16-25-22(29)11-12-28-18-24-17-26-28/h2-10,17-18H,11-16H2,1H3,(H,25,29). The van der Waals surface area contributed by atoms with Crippen molar-refractivity contribution >= 4 is 5.91 Å². The Morgan fingerprint density at radius 1 is 1.10 bits per heavy atom. The first-order valence-electron chi connectivity index (χ1n) is 10.1. The number of amides is 1. The van der Waals surface area contributed by atoms with Gasteiger partial charge in [-0.15, -0.1) is 0 Å². The molecule has 0 radical (unpaired) electrons. The third-order valence-corrected chi connectivity index (χ3v) is 5.88. The van der Waals surface area contributed by atoms with Crippen LogP contribution in [0.25, 0.3) is 0 Å². The highest BCUT2D eigenvalue weighted by Crippen LogP contribution is 2.34. The van der Waals surface area contributed by atoms with E-state index >= 15 is 0 Å². The van der Waals surface area contributed by atoms with E-state index < -0.39 is 0 Å². The Balaban J connectivity index is 1.45. The van der Waals surface area contributed by atoms with Crippen LogP contribution in [-0.4, -0.2) is 44.7 Å². The van der Waals surface area contributed by atoms with E-state index in [-0.39, 0.29) is 11.4 Å². The Hall–Kier alpha value is -2.99. The van der Waals surface area contributed by atoms with Gasteiger partial charge in [-0.3, -0.25) is 14.4 Å². The average molecular weight is 390 g/mol. The fourth-order valence-electron chi connectivity index (χ4n) is 4.14. The molecule has 0 fully saturated rings. The van der Waals surface area contributed by atoms with Crippen LogP contribution in [-0.2, 0) is 30.7 Å². The molecular weight excluding hydrogens is 362 g/mol. The summed E-state index contributed by atoms with van der Waals surface area (Å²) in [6.45, 7) is 2.02. The van der Waals surface area contributed by atoms with Crippen LogP contribution >= 0.6 is 0 Å². The Kier molecular flexibility index (Phi) is 5.71. The van der Waals surface area contributed by atoms with Gasteiger partial charge >= 0.3 is 0 Å². The summed E-state index contributed by atoms with van der Waals surface area (Å²) in [6.07, 6.45) is 5.40. The largest absolute Gasteiger partial charge is 0.354 e. The molecule has 1 amide bonds. The second kappa shape index (κ2) is 8.57. The minimum Gasteiger partial charge on any atom is -0.354 e. The summed E-state index contributed by atoms with van der Waals surface area (Å²) in [5, 5.41) is 7.25. The first-order chi connectivity index (χ1) is 14.1. The van der Waals surface area contributed by atoms with E-state index in [0.29, 0.717) is 19.5 Å². The molecule has 0 bridgehead atoms. The number of carbonyl (C=O) groups is 1. The first kappa shape index (κ1) is 19.3. The third-order valence-electron chi connectivity index (χ3n) is 5.88. The highest BCUT2D eigenvalue weighted by atomic mass is 16.1. The van der Waals surface area contributed by atoms with Gasteiger partial charge in [-0.25, -0.2) is 4.98 Å². The second-order valence-corrected chi connectivity index (χ2v) is 7.87. The number of aryl methyl sites for hydroxylation is 1. The van der Waals surface area contributed by atoms with E-state index in [1.807, 2.05) is 6.07 Å². The predicted octanol–water partition coefficient (Wildman–Crippen LogP) is 2.45. The lowest BCUT2D eigenvalue weighted by atomic mass is 9.92. The van der Waals surface area contributed by atoms with E-state index in [0.717, 1.165) is 19.4 Å². The fourth-order valence-corrected chi connectivity index (χ4v) is 4.14. The molecule has 6 heteroatoms. The van der Waals surface area contributed by atoms with E-state index in [9.17, 15) is 4.79 Å². The maximum atomic E-state index is 12.5. The van der Waals surface area contributed by atoms with Gasteiger partial charge < -0.3 is 5.32 Å². The van der Waals surface area contributed by atoms with Gasteiger partial charge in [-0.05, 0) is 36.6 Å². The molecule has 0 aliphatic heterocycles. The second-order valence-electron chi connectivity index (χ2n) is 7.87. The molecule has 1 N–H and O–H groups in total. The molecule has 0 spiro atoms. The fraction of sp³-hybridized carbons (Fsp3) is 0.348. The van der Waals surface area contributed by atoms with Crippen LogP contribution in [0.3, 0.4) is 0 Å². The molecule has 0 unspecified atom stereocenters. The first-order valence-corrected chi connectivity index (χ1v) is 10.1. The number of benzene rings is 2. The molecule has 29 heavy (non-hydrogen) atoms. The van der Waals surface area contributed by atoms with Crippen molar-refractivity contribution in [2.45, 2.75) is 37.9 Å². The van der Waals surface area contributed by atoms with Crippen molar-refractivity contribution in [2.75, 3.05) is 13.6 Å². The zero-order valence-corrected chi connectivity index (χ0v) is 16.8. The molecule has 1 aliphatic carbocycles. The maximum absolute atomic E-state index is 12.5. The molecule has 1 aliphatic rings. The van der Waals surface area contributed by atoms with Crippen LogP contribution in [0.5, 0.6) is 0 Å². The summed E-state index contributed by atoms with van der Waals surface area (Å²) in [7, 11) is 2.17. The Labute approximate surface area is 171 Å². The third kappa shape index (κ3) is 4.54. The molecule has 4 rings (SSSR count). The Bertz CT molecular complexity index is 914. The van der Waals surface area contributed by atoms with E-state index in [1.165, 1.54) is 23.0 Å². The molecule has 2 aromatic carbocycles. The lowest BCUT2D eigenvalue weighted by Gasteiger charge is -2.39. The van der Waals surface area contributed by atoms with E-state index in [2.05, 4.69) is 75.9 Å². The van der Waals surface area contributed by atoms with Crippen molar-refractivity contribution in [1.82, 2.24) is 25.0 Å². The van der Waals surface area contributed by atoms with Gasteiger partial charge in [0.05, 0.1) is 6.54 Å². The van der Waals surface area contributed by atoms with Crippen LogP contribution in [0.1, 0.15) is 23.1 Å². The summed E-state index contributed by atoms with van der Waals surface area (Å²) in [5.74, 6) is 0.0453. The van der Waals surface area contributed by atoms with Gasteiger partial charge in [0.2, 0.25) is 5.91 Å². The number of carbonyl (C=O) groups excluding carboxylic acids is 1. The zero-order valence-electron chi connectivity index (χ0n) is 16.8. The lowest BCUT2D eigenvalue weighted by molar-refractivity contribution is -0.122. The van der Waals surface area contributed by atoms with Gasteiger partial charge in [0.15, 0.2) is 0 Å². The number of nitrogens with zero attached hydrogens (tertiary/aromatic N) is 4. The molecule has 0 saturated heterocycles. The Morgan fingerprint density at radius 2 is 1.79 bits per heavy atom. The minimum absolute atomic E-state index is 0.0453. The number of rotatable bonds is 8. The van der Waals surface area contributed by atoms with Crippen molar-refractivity contribution in [3.63, 3.8) is 0 Å². The maximum Gasteiger partial charge on any atom is 0.221 e. The molecule has 3 aromatic rings. The summed E-state index contributed by atoms with van der Waals surface area (Å²) in [4.78, 5) is 18.8. The number of hydrogen-bond donors (Lipinski definition) is 1. The molecule has 150 valence electrons. The van der Waals surface area contributed by atoms with Crippen molar-refractivity contribution in [3.05, 3.63) is 83.9 Å². The molecular formula is C23H27N5O. The van der Waals surface area contributed by atoms with Gasteiger partial charge in [0.25, 0.3) is 0 Å². The zero-order chi connectivity index (χ0) is 20.1. The molecule has 0 atom stereocenters. The van der Waals surface area contributed by atoms with Crippen LogP contribution in [0.15, 0.2) is 67.3 Å². The minimum atomic E-state index is -0.123. The van der Waals surface area contributed by atoms with Gasteiger partial charge in [0, 0.05) is 25.0 Å². The predicted molar refractivity (Wildman–Crippen MR) is 112 cm³/mol. The van der Waals surface area contributed by atoms with E-state index in [4.69, 9.17) is 0 Å². The van der Waals surface area contributed by atoms with Gasteiger partial charge in [-0.1, -0.05) is 54.6 Å². The number of aromatic nitrogens is 3. The normalized spacial score (nSPS) is 14.7. The van der Waals surface area contributed by atoms with E-state index in [1.54, 1.807) is 11.0 Å². The van der Waals surface area contributed by atoms with Crippen molar-refractivity contribution in [3.8, 4) is 0 Å². The topological polar surface area (TPSA) is 63.1 Å². The SMILES string of the molecule is CN(Cc1ccccc1)C1(CNC(=O)CCn2cncn2)Cc2ccccc2C1. The van der Waals surface area contributed by atoms with Crippen molar-refractivity contribution < 1.29 is 4.79 Å². The molecule has 6 nitrogen and oxygen atoms in total. The lowest BCUT2D eigenvalue weighted by Crippen LogP contribution is -2.54. The van der Waals surface area contributed by atoms with Crippen LogP contribution < -0.4 is 5.32 Å². The van der Waals surface area contributed by atoms with Crippen LogP contribution in [0.2, 0.25) is 0 Å². The van der Waals surface area contributed by atoms with Crippen LogP contribution in [0, 0.1) is 0 Å². The quantitative estimate of drug-likeness (QED) is 0.643. The number of hydrogen-bond acceptors (Lipinski definition) is 4. The molecule has 1 aromatic heterocycles. The Morgan fingerprint density at radius 3 is 2.45 bits per heavy atom.